The van der Waals surface area contributed by atoms with Gasteiger partial charge >= 0.3 is 5.97 Å². The molecule has 0 aliphatic heterocycles. The molecule has 1 heterocycles. The molecule has 0 saturated carbocycles. The normalized spacial score (nSPS) is 10.1. The van der Waals surface area contributed by atoms with Gasteiger partial charge in [-0.05, 0) is 30.7 Å². The quantitative estimate of drug-likeness (QED) is 0.809. The van der Waals surface area contributed by atoms with Gasteiger partial charge in [0.05, 0.1) is 12.8 Å². The van der Waals surface area contributed by atoms with Gasteiger partial charge < -0.3 is 4.74 Å². The van der Waals surface area contributed by atoms with E-state index >= 15 is 0 Å². The second-order valence-corrected chi connectivity index (χ2v) is 4.79. The Bertz CT molecular complexity index is 820. The van der Waals surface area contributed by atoms with E-state index in [1.165, 1.54) is 7.11 Å². The number of benzene rings is 1. The Labute approximate surface area is 131 Å². The Balaban J connectivity index is 2.81. The van der Waals surface area contributed by atoms with E-state index in [9.17, 15) is 14.9 Å². The van der Waals surface area contributed by atoms with Crippen molar-refractivity contribution in [1.82, 2.24) is 9.78 Å². The maximum atomic E-state index is 12.4. The summed E-state index contributed by atoms with van der Waals surface area (Å²) in [4.78, 5) is 24.3. The van der Waals surface area contributed by atoms with Crippen molar-refractivity contribution < 1.29 is 9.53 Å². The molecule has 0 aliphatic rings. The zero-order valence-corrected chi connectivity index (χ0v) is 12.7. The summed E-state index contributed by atoms with van der Waals surface area (Å²) in [5.41, 5.74) is -0.0680. The highest BCUT2D eigenvalue weighted by atomic mass is 35.5. The van der Waals surface area contributed by atoms with Gasteiger partial charge in [-0.15, -0.1) is 0 Å². The van der Waals surface area contributed by atoms with Gasteiger partial charge in [0.2, 0.25) is 0 Å². The number of methoxy groups -OCH3 is 1. The average molecular weight is 318 g/mol. The molecular weight excluding hydrogens is 306 g/mol. The number of aromatic nitrogens is 2. The van der Waals surface area contributed by atoms with E-state index in [0.717, 1.165) is 4.68 Å². The Morgan fingerprint density at radius 1 is 1.41 bits per heavy atom. The molecule has 2 aromatic rings. The van der Waals surface area contributed by atoms with Crippen molar-refractivity contribution >= 4 is 17.6 Å². The zero-order valence-electron chi connectivity index (χ0n) is 12.0. The van der Waals surface area contributed by atoms with E-state index in [4.69, 9.17) is 11.6 Å². The smallest absolute Gasteiger partial charge is 0.358 e. The lowest BCUT2D eigenvalue weighted by molar-refractivity contribution is 0.0590. The van der Waals surface area contributed by atoms with Crippen LogP contribution in [0, 0.1) is 11.3 Å². The van der Waals surface area contributed by atoms with Gasteiger partial charge in [-0.3, -0.25) is 4.79 Å². The zero-order chi connectivity index (χ0) is 16.3. The molecule has 0 amide bonds. The maximum Gasteiger partial charge on any atom is 0.358 e. The first-order valence-electron chi connectivity index (χ1n) is 6.44. The van der Waals surface area contributed by atoms with Crippen LogP contribution < -0.4 is 5.56 Å². The Morgan fingerprint density at radius 2 is 2.05 bits per heavy atom. The number of carbonyl (C=O) groups is 1. The van der Waals surface area contributed by atoms with Gasteiger partial charge in [0, 0.05) is 10.6 Å². The highest BCUT2D eigenvalue weighted by Crippen LogP contribution is 2.15. The van der Waals surface area contributed by atoms with Gasteiger partial charge in [-0.2, -0.15) is 15.0 Å². The Morgan fingerprint density at radius 3 is 2.55 bits per heavy atom. The lowest BCUT2D eigenvalue weighted by atomic mass is 10.1. The molecule has 1 aromatic heterocycles. The Kier molecular flexibility index (Phi) is 4.59. The van der Waals surface area contributed by atoms with Crippen LogP contribution in [0.1, 0.15) is 28.5 Å². The summed E-state index contributed by atoms with van der Waals surface area (Å²) in [6.45, 7) is 1.73. The molecular formula is C15H12ClN3O3. The molecule has 0 bridgehead atoms. The third-order valence-electron chi connectivity index (χ3n) is 3.11. The predicted molar refractivity (Wildman–Crippen MR) is 80.3 cm³/mol. The molecule has 0 aliphatic carbocycles. The number of esters is 1. The molecule has 22 heavy (non-hydrogen) atoms. The lowest BCUT2D eigenvalue weighted by Gasteiger charge is -2.11. The van der Waals surface area contributed by atoms with Crippen LogP contribution in [-0.4, -0.2) is 22.9 Å². The third kappa shape index (κ3) is 2.71. The largest absolute Gasteiger partial charge is 0.464 e. The first-order chi connectivity index (χ1) is 10.5. The number of hydrogen-bond acceptors (Lipinski definition) is 5. The van der Waals surface area contributed by atoms with Crippen molar-refractivity contribution in [2.24, 2.45) is 0 Å². The number of carbonyl (C=O) groups excluding carboxylic acids is 1. The van der Waals surface area contributed by atoms with Crippen molar-refractivity contribution in [3.05, 3.63) is 56.5 Å². The van der Waals surface area contributed by atoms with Crippen molar-refractivity contribution in [1.29, 1.82) is 5.26 Å². The van der Waals surface area contributed by atoms with E-state index in [2.05, 4.69) is 9.84 Å². The minimum atomic E-state index is -0.698. The van der Waals surface area contributed by atoms with Crippen LogP contribution in [0.25, 0.3) is 5.69 Å². The van der Waals surface area contributed by atoms with Gasteiger partial charge in [-0.1, -0.05) is 18.5 Å². The summed E-state index contributed by atoms with van der Waals surface area (Å²) in [7, 11) is 1.22. The highest BCUT2D eigenvalue weighted by Gasteiger charge is 2.22. The minimum absolute atomic E-state index is 0.0453. The molecule has 112 valence electrons. The third-order valence-corrected chi connectivity index (χ3v) is 3.36. The second kappa shape index (κ2) is 6.41. The average Bonchev–Trinajstić information content (AvgIpc) is 2.54. The van der Waals surface area contributed by atoms with E-state index in [1.54, 1.807) is 31.2 Å². The fourth-order valence-electron chi connectivity index (χ4n) is 2.04. The molecule has 0 fully saturated rings. The second-order valence-electron chi connectivity index (χ2n) is 4.35. The van der Waals surface area contributed by atoms with E-state index in [1.807, 2.05) is 6.07 Å². The van der Waals surface area contributed by atoms with Crippen molar-refractivity contribution in [3.8, 4) is 11.8 Å². The first-order valence-corrected chi connectivity index (χ1v) is 6.81. The summed E-state index contributed by atoms with van der Waals surface area (Å²) >= 11 is 5.82. The molecule has 0 atom stereocenters. The molecule has 1 aromatic carbocycles. The number of nitriles is 1. The molecule has 0 N–H and O–H groups in total. The summed E-state index contributed by atoms with van der Waals surface area (Å²) in [5.74, 6) is -0.698. The standard InChI is InChI=1S/C15H12ClN3O3/c1-3-11-12(8-17)14(20)19(18-13(11)15(21)22-2)10-6-4-9(16)5-7-10/h4-7H,3H2,1-2H3. The van der Waals surface area contributed by atoms with E-state index in [0.29, 0.717) is 17.1 Å². The van der Waals surface area contributed by atoms with Gasteiger partial charge in [0.1, 0.15) is 11.6 Å². The van der Waals surface area contributed by atoms with Crippen LogP contribution in [-0.2, 0) is 11.2 Å². The fraction of sp³-hybridized carbons (Fsp3) is 0.200. The topological polar surface area (TPSA) is 85.0 Å². The molecule has 0 radical (unpaired) electrons. The summed E-state index contributed by atoms with van der Waals surface area (Å²) in [5, 5.41) is 13.8. The lowest BCUT2D eigenvalue weighted by Crippen LogP contribution is -2.29. The number of rotatable bonds is 3. The van der Waals surface area contributed by atoms with Crippen LogP contribution >= 0.6 is 11.6 Å². The number of ether oxygens (including phenoxy) is 1. The van der Waals surface area contributed by atoms with Crippen LogP contribution in [0.4, 0.5) is 0 Å². The van der Waals surface area contributed by atoms with Crippen molar-refractivity contribution in [2.45, 2.75) is 13.3 Å². The fourth-order valence-corrected chi connectivity index (χ4v) is 2.16. The van der Waals surface area contributed by atoms with E-state index < -0.39 is 11.5 Å². The van der Waals surface area contributed by atoms with Gasteiger partial charge in [0.15, 0.2) is 5.69 Å². The highest BCUT2D eigenvalue weighted by molar-refractivity contribution is 6.30. The number of hydrogen-bond donors (Lipinski definition) is 0. The Hall–Kier alpha value is -2.65. The molecule has 0 spiro atoms. The summed E-state index contributed by atoms with van der Waals surface area (Å²) in [6, 6.07) is 8.17. The molecule has 0 unspecified atom stereocenters. The molecule has 2 rings (SSSR count). The first kappa shape index (κ1) is 15.7. The van der Waals surface area contributed by atoms with Crippen molar-refractivity contribution in [3.63, 3.8) is 0 Å². The van der Waals surface area contributed by atoms with E-state index in [-0.39, 0.29) is 16.8 Å². The maximum absolute atomic E-state index is 12.4. The predicted octanol–water partition coefficient (Wildman–Crippen LogP) is 2.11. The monoisotopic (exact) mass is 317 g/mol. The molecule has 6 nitrogen and oxygen atoms in total. The summed E-state index contributed by atoms with van der Waals surface area (Å²) in [6.07, 6.45) is 0.316. The van der Waals surface area contributed by atoms with Crippen LogP contribution in [0.15, 0.2) is 29.1 Å². The van der Waals surface area contributed by atoms with Crippen LogP contribution in [0.3, 0.4) is 0 Å². The number of halogens is 1. The van der Waals surface area contributed by atoms with Crippen LogP contribution in [0.2, 0.25) is 5.02 Å². The summed E-state index contributed by atoms with van der Waals surface area (Å²) < 4.78 is 5.68. The number of nitrogens with zero attached hydrogens (tertiary/aromatic N) is 3. The van der Waals surface area contributed by atoms with Gasteiger partial charge in [0.25, 0.3) is 5.56 Å². The molecule has 7 heteroatoms. The van der Waals surface area contributed by atoms with Gasteiger partial charge in [-0.25, -0.2) is 4.79 Å². The van der Waals surface area contributed by atoms with Crippen molar-refractivity contribution in [2.75, 3.05) is 7.11 Å². The minimum Gasteiger partial charge on any atom is -0.464 e. The SMILES string of the molecule is CCc1c(C(=O)OC)nn(-c2ccc(Cl)cc2)c(=O)c1C#N. The molecule has 0 saturated heterocycles. The van der Waals surface area contributed by atoms with Crippen LogP contribution in [0.5, 0.6) is 0 Å².